The van der Waals surface area contributed by atoms with Gasteiger partial charge in [0.25, 0.3) is 0 Å². The number of nitrogens with zero attached hydrogens (tertiary/aromatic N) is 2. The number of nitrogens with one attached hydrogen (secondary N) is 1. The third-order valence-electron chi connectivity index (χ3n) is 5.83. The maximum Gasteiger partial charge on any atom is 0.249 e. The molecule has 2 heterocycles. The van der Waals surface area contributed by atoms with Crippen molar-refractivity contribution in [2.45, 2.75) is 36.3 Å². The van der Waals surface area contributed by atoms with Gasteiger partial charge in [-0.3, -0.25) is 4.79 Å². The van der Waals surface area contributed by atoms with Crippen LogP contribution in [0.5, 0.6) is 5.75 Å². The number of carbonyl (C=O) groups excluding carboxylic acids is 1. The Hall–Kier alpha value is -2.49. The summed E-state index contributed by atoms with van der Waals surface area (Å²) in [5, 5.41) is 3.51. The van der Waals surface area contributed by atoms with E-state index in [1.807, 2.05) is 6.26 Å². The number of rotatable bonds is 5. The molecule has 1 saturated carbocycles. The van der Waals surface area contributed by atoms with E-state index in [9.17, 15) is 22.4 Å². The lowest BCUT2D eigenvalue weighted by Crippen LogP contribution is -2.47. The van der Waals surface area contributed by atoms with Crippen molar-refractivity contribution in [2.24, 2.45) is 5.41 Å². The molecule has 0 radical (unpaired) electrons. The largest absolute Gasteiger partial charge is 0.491 e. The number of hydrogen-bond acceptors (Lipinski definition) is 5. The highest BCUT2D eigenvalue weighted by atomic mass is 32.2. The van der Waals surface area contributed by atoms with E-state index in [0.717, 1.165) is 6.07 Å². The van der Waals surface area contributed by atoms with Crippen molar-refractivity contribution in [3.05, 3.63) is 42.1 Å². The van der Waals surface area contributed by atoms with Crippen LogP contribution in [0.25, 0.3) is 0 Å². The molecule has 1 aliphatic heterocycles. The summed E-state index contributed by atoms with van der Waals surface area (Å²) >= 11 is 1.41. The molecule has 1 aromatic heterocycles. The van der Waals surface area contributed by atoms with Crippen LogP contribution >= 0.6 is 11.8 Å². The standard InChI is InChI=1S/C21H21F4N3O2S/c1-30-18-14(4-3-13(22)17(18)23)28-11-20(9-21(24,25)10-20)8-15(28)19(29)27-12-5-6-26-16(7-12)31-2/h3-7,15H,8-11H2,1-2H3,(H,26,27,29). The Bertz CT molecular complexity index is 1010. The van der Waals surface area contributed by atoms with Crippen molar-refractivity contribution in [3.63, 3.8) is 0 Å². The molecule has 166 valence electrons. The van der Waals surface area contributed by atoms with Gasteiger partial charge in [0.2, 0.25) is 17.6 Å². The van der Waals surface area contributed by atoms with E-state index in [-0.39, 0.29) is 37.2 Å². The minimum atomic E-state index is -2.78. The normalized spacial score (nSPS) is 21.1. The lowest BCUT2D eigenvalue weighted by atomic mass is 9.65. The number of alkyl halides is 2. The average Bonchev–Trinajstić information content (AvgIpc) is 3.08. The molecule has 31 heavy (non-hydrogen) atoms. The van der Waals surface area contributed by atoms with E-state index in [1.54, 1.807) is 23.2 Å². The number of methoxy groups -OCH3 is 1. The summed E-state index contributed by atoms with van der Waals surface area (Å²) in [5.74, 6) is -5.83. The maximum atomic E-state index is 14.3. The first-order valence-corrected chi connectivity index (χ1v) is 10.9. The minimum absolute atomic E-state index is 0.120. The Balaban J connectivity index is 1.66. The molecule has 1 N–H and O–H groups in total. The second-order valence-corrected chi connectivity index (χ2v) is 8.87. The summed E-state index contributed by atoms with van der Waals surface area (Å²) in [6.07, 6.45) is 2.89. The molecule has 1 saturated heterocycles. The van der Waals surface area contributed by atoms with E-state index in [1.165, 1.54) is 24.9 Å². The molecule has 1 spiro atoms. The predicted octanol–water partition coefficient (Wildman–Crippen LogP) is 4.72. The van der Waals surface area contributed by atoms with Crippen molar-refractivity contribution >= 4 is 29.0 Å². The fourth-order valence-electron chi connectivity index (χ4n) is 4.61. The van der Waals surface area contributed by atoms with Crippen LogP contribution in [0.15, 0.2) is 35.5 Å². The van der Waals surface area contributed by atoms with E-state index in [4.69, 9.17) is 4.74 Å². The first-order chi connectivity index (χ1) is 14.7. The highest BCUT2D eigenvalue weighted by Gasteiger charge is 2.62. The van der Waals surface area contributed by atoms with Gasteiger partial charge >= 0.3 is 0 Å². The third-order valence-corrected chi connectivity index (χ3v) is 6.47. The fourth-order valence-corrected chi connectivity index (χ4v) is 5.02. The van der Waals surface area contributed by atoms with Crippen molar-refractivity contribution in [1.29, 1.82) is 0 Å². The minimum Gasteiger partial charge on any atom is -0.491 e. The Labute approximate surface area is 181 Å². The molecule has 1 unspecified atom stereocenters. The highest BCUT2D eigenvalue weighted by molar-refractivity contribution is 7.98. The van der Waals surface area contributed by atoms with E-state index in [2.05, 4.69) is 10.3 Å². The summed E-state index contributed by atoms with van der Waals surface area (Å²) < 4.78 is 60.6. The number of aromatic nitrogens is 1. The summed E-state index contributed by atoms with van der Waals surface area (Å²) in [6.45, 7) is 0.120. The smallest absolute Gasteiger partial charge is 0.249 e. The lowest BCUT2D eigenvalue weighted by molar-refractivity contribution is -0.153. The van der Waals surface area contributed by atoms with Gasteiger partial charge in [-0.05, 0) is 36.9 Å². The van der Waals surface area contributed by atoms with Gasteiger partial charge in [-0.25, -0.2) is 18.2 Å². The second-order valence-electron chi connectivity index (χ2n) is 8.05. The molecule has 10 heteroatoms. The topological polar surface area (TPSA) is 54.5 Å². The van der Waals surface area contributed by atoms with Crippen LogP contribution in [-0.2, 0) is 4.79 Å². The van der Waals surface area contributed by atoms with Gasteiger partial charge in [-0.15, -0.1) is 11.8 Å². The molecular weight excluding hydrogens is 434 g/mol. The zero-order valence-electron chi connectivity index (χ0n) is 16.9. The molecule has 1 amide bonds. The Morgan fingerprint density at radius 1 is 1.29 bits per heavy atom. The maximum absolute atomic E-state index is 14.3. The van der Waals surface area contributed by atoms with Crippen LogP contribution in [0.3, 0.4) is 0 Å². The number of benzene rings is 1. The monoisotopic (exact) mass is 455 g/mol. The van der Waals surface area contributed by atoms with Crippen LogP contribution in [0.4, 0.5) is 28.9 Å². The van der Waals surface area contributed by atoms with Gasteiger partial charge < -0.3 is 15.0 Å². The van der Waals surface area contributed by atoms with Crippen molar-refractivity contribution in [3.8, 4) is 5.75 Å². The number of anilines is 2. The van der Waals surface area contributed by atoms with E-state index < -0.39 is 34.9 Å². The first kappa shape index (κ1) is 21.7. The van der Waals surface area contributed by atoms with Crippen molar-refractivity contribution < 1.29 is 27.1 Å². The van der Waals surface area contributed by atoms with Gasteiger partial charge in [0.15, 0.2) is 11.6 Å². The Kier molecular flexibility index (Phi) is 5.53. The molecule has 2 aliphatic rings. The van der Waals surface area contributed by atoms with Gasteiger partial charge in [0, 0.05) is 36.7 Å². The molecule has 2 aromatic rings. The summed E-state index contributed by atoms with van der Waals surface area (Å²) in [6, 6.07) is 4.73. The van der Waals surface area contributed by atoms with Crippen LogP contribution in [0, 0.1) is 17.0 Å². The zero-order chi connectivity index (χ0) is 22.4. The third kappa shape index (κ3) is 4.05. The predicted molar refractivity (Wildman–Crippen MR) is 110 cm³/mol. The van der Waals surface area contributed by atoms with Crippen LogP contribution < -0.4 is 15.0 Å². The molecule has 1 aromatic carbocycles. The first-order valence-electron chi connectivity index (χ1n) is 9.64. The van der Waals surface area contributed by atoms with Gasteiger partial charge in [-0.1, -0.05) is 0 Å². The number of halogens is 4. The Morgan fingerprint density at radius 3 is 2.68 bits per heavy atom. The van der Waals surface area contributed by atoms with Gasteiger partial charge in [0.1, 0.15) is 6.04 Å². The van der Waals surface area contributed by atoms with Crippen molar-refractivity contribution in [2.75, 3.05) is 30.1 Å². The number of pyridine rings is 1. The zero-order valence-corrected chi connectivity index (χ0v) is 17.7. The molecule has 1 aliphatic carbocycles. The molecule has 1 atom stereocenters. The average molecular weight is 455 g/mol. The number of carbonyl (C=O) groups is 1. The van der Waals surface area contributed by atoms with Crippen LogP contribution in [-0.4, -0.2) is 42.8 Å². The van der Waals surface area contributed by atoms with Crippen LogP contribution in [0.2, 0.25) is 0 Å². The van der Waals surface area contributed by atoms with Gasteiger partial charge in [0.05, 0.1) is 17.8 Å². The van der Waals surface area contributed by atoms with Crippen LogP contribution in [0.1, 0.15) is 19.3 Å². The lowest BCUT2D eigenvalue weighted by Gasteiger charge is -2.44. The molecular formula is C21H21F4N3O2S. The quantitative estimate of drug-likeness (QED) is 0.522. The SMILES string of the molecule is COc1c(N2CC3(CC2C(=O)Nc2ccnc(SC)c2)CC(F)(F)C3)ccc(F)c1F. The highest BCUT2D eigenvalue weighted by Crippen LogP contribution is 2.59. The van der Waals surface area contributed by atoms with E-state index in [0.29, 0.717) is 10.7 Å². The van der Waals surface area contributed by atoms with Gasteiger partial charge in [-0.2, -0.15) is 4.39 Å². The van der Waals surface area contributed by atoms with E-state index >= 15 is 0 Å². The second kappa shape index (κ2) is 7.89. The Morgan fingerprint density at radius 2 is 2.03 bits per heavy atom. The number of thioether (sulfide) groups is 1. The number of ether oxygens (including phenoxy) is 1. The molecule has 5 nitrogen and oxygen atoms in total. The summed E-state index contributed by atoms with van der Waals surface area (Å²) in [5.41, 5.74) is -0.0982. The number of hydrogen-bond donors (Lipinski definition) is 1. The summed E-state index contributed by atoms with van der Waals surface area (Å²) in [4.78, 5) is 18.9. The molecule has 4 rings (SSSR count). The number of amides is 1. The van der Waals surface area contributed by atoms with Crippen molar-refractivity contribution in [1.82, 2.24) is 4.98 Å². The molecule has 2 fully saturated rings. The fraction of sp³-hybridized carbons (Fsp3) is 0.429. The summed E-state index contributed by atoms with van der Waals surface area (Å²) in [7, 11) is 1.20. The molecule has 0 bridgehead atoms.